The van der Waals surface area contributed by atoms with Crippen molar-refractivity contribution in [3.05, 3.63) is 29.3 Å². The smallest absolute Gasteiger partial charge is 0.119 e. The Morgan fingerprint density at radius 2 is 1.53 bits per heavy atom. The summed E-state index contributed by atoms with van der Waals surface area (Å²) in [6, 6.07) is 5.60. The van der Waals surface area contributed by atoms with Crippen molar-refractivity contribution in [1.82, 2.24) is 0 Å². The van der Waals surface area contributed by atoms with Crippen molar-refractivity contribution in [2.24, 2.45) is 11.5 Å². The van der Waals surface area contributed by atoms with Crippen molar-refractivity contribution in [1.29, 1.82) is 0 Å². The molecule has 96 valence electrons. The molecule has 0 amide bonds. The Balaban J connectivity index is 3.48. The number of hydrogen-bond donors (Lipinski definition) is 3. The first kappa shape index (κ1) is 14.0. The van der Waals surface area contributed by atoms with Gasteiger partial charge in [-0.1, -0.05) is 39.8 Å². The van der Waals surface area contributed by atoms with Crippen molar-refractivity contribution in [3.63, 3.8) is 0 Å². The third-order valence-corrected chi connectivity index (χ3v) is 3.47. The first-order valence-corrected chi connectivity index (χ1v) is 5.99. The zero-order chi connectivity index (χ0) is 13.3. The fourth-order valence-electron chi connectivity index (χ4n) is 2.03. The number of phenols is 1. The minimum atomic E-state index is -0.257. The van der Waals surface area contributed by atoms with E-state index in [2.05, 4.69) is 13.8 Å². The SMILES string of the molecule is CC(C)(CN)c1cccc(O)c1C(C)(C)CN. The van der Waals surface area contributed by atoms with Gasteiger partial charge in [-0.05, 0) is 11.6 Å². The summed E-state index contributed by atoms with van der Waals surface area (Å²) < 4.78 is 0. The lowest BCUT2D eigenvalue weighted by Crippen LogP contribution is -2.35. The van der Waals surface area contributed by atoms with Crippen LogP contribution in [0.5, 0.6) is 5.75 Å². The number of nitrogens with two attached hydrogens (primary N) is 2. The van der Waals surface area contributed by atoms with E-state index in [4.69, 9.17) is 11.5 Å². The monoisotopic (exact) mass is 236 g/mol. The van der Waals surface area contributed by atoms with Crippen LogP contribution in [0.1, 0.15) is 38.8 Å². The summed E-state index contributed by atoms with van der Waals surface area (Å²) >= 11 is 0. The summed E-state index contributed by atoms with van der Waals surface area (Å²) in [5, 5.41) is 10.1. The minimum Gasteiger partial charge on any atom is -0.508 e. The highest BCUT2D eigenvalue weighted by Crippen LogP contribution is 2.38. The summed E-state index contributed by atoms with van der Waals surface area (Å²) in [4.78, 5) is 0. The molecule has 0 heterocycles. The van der Waals surface area contributed by atoms with Crippen LogP contribution in [0.25, 0.3) is 0 Å². The standard InChI is InChI=1S/C14H24N2O/c1-13(2,8-15)10-6-5-7-11(17)12(10)14(3,4)9-16/h5-7,17H,8-9,15-16H2,1-4H3. The van der Waals surface area contributed by atoms with Gasteiger partial charge in [0.15, 0.2) is 0 Å². The molecule has 3 heteroatoms. The number of benzene rings is 1. The van der Waals surface area contributed by atoms with Gasteiger partial charge >= 0.3 is 0 Å². The van der Waals surface area contributed by atoms with E-state index in [0.29, 0.717) is 18.8 Å². The molecule has 17 heavy (non-hydrogen) atoms. The van der Waals surface area contributed by atoms with Crippen LogP contribution in [-0.2, 0) is 10.8 Å². The minimum absolute atomic E-state index is 0.166. The van der Waals surface area contributed by atoms with E-state index < -0.39 is 0 Å². The molecule has 0 aromatic heterocycles. The molecule has 0 aliphatic rings. The lowest BCUT2D eigenvalue weighted by atomic mass is 9.73. The van der Waals surface area contributed by atoms with Gasteiger partial charge in [0.1, 0.15) is 5.75 Å². The van der Waals surface area contributed by atoms with Crippen molar-refractivity contribution in [2.75, 3.05) is 13.1 Å². The van der Waals surface area contributed by atoms with Gasteiger partial charge in [0.25, 0.3) is 0 Å². The summed E-state index contributed by atoms with van der Waals surface area (Å²) in [5.41, 5.74) is 13.2. The maximum atomic E-state index is 10.1. The molecule has 0 radical (unpaired) electrons. The third-order valence-electron chi connectivity index (χ3n) is 3.47. The molecule has 0 aliphatic carbocycles. The van der Waals surface area contributed by atoms with Gasteiger partial charge in [-0.2, -0.15) is 0 Å². The zero-order valence-electron chi connectivity index (χ0n) is 11.2. The Morgan fingerprint density at radius 3 is 2.00 bits per heavy atom. The topological polar surface area (TPSA) is 72.3 Å². The molecule has 0 saturated heterocycles. The van der Waals surface area contributed by atoms with E-state index in [-0.39, 0.29) is 10.8 Å². The van der Waals surface area contributed by atoms with E-state index in [9.17, 15) is 5.11 Å². The van der Waals surface area contributed by atoms with Crippen LogP contribution < -0.4 is 11.5 Å². The molecule has 0 spiro atoms. The number of phenolic OH excluding ortho intramolecular Hbond substituents is 1. The first-order chi connectivity index (χ1) is 7.76. The molecule has 5 N–H and O–H groups in total. The van der Waals surface area contributed by atoms with Crippen LogP contribution in [0.4, 0.5) is 0 Å². The van der Waals surface area contributed by atoms with Gasteiger partial charge in [0, 0.05) is 29.5 Å². The molecular formula is C14H24N2O. The van der Waals surface area contributed by atoms with Gasteiger partial charge in [-0.3, -0.25) is 0 Å². The quantitative estimate of drug-likeness (QED) is 0.747. The number of aromatic hydroxyl groups is 1. The Bertz CT molecular complexity index is 397. The third kappa shape index (κ3) is 2.61. The Kier molecular flexibility index (Phi) is 3.84. The van der Waals surface area contributed by atoms with Crippen molar-refractivity contribution < 1.29 is 5.11 Å². The average Bonchev–Trinajstić information content (AvgIpc) is 2.28. The van der Waals surface area contributed by atoms with Gasteiger partial charge < -0.3 is 16.6 Å². The molecule has 1 aromatic rings. The fourth-order valence-corrected chi connectivity index (χ4v) is 2.03. The first-order valence-electron chi connectivity index (χ1n) is 5.99. The number of rotatable bonds is 4. The summed E-state index contributed by atoms with van der Waals surface area (Å²) in [7, 11) is 0. The lowest BCUT2D eigenvalue weighted by Gasteiger charge is -2.33. The predicted octanol–water partition coefficient (Wildman–Crippen LogP) is 1.86. The Labute approximate surface area is 104 Å². The molecular weight excluding hydrogens is 212 g/mol. The summed E-state index contributed by atoms with van der Waals surface area (Å²) in [6.45, 7) is 9.26. The second-order valence-corrected chi connectivity index (χ2v) is 5.88. The molecule has 0 bridgehead atoms. The molecule has 0 saturated carbocycles. The van der Waals surface area contributed by atoms with Crippen LogP contribution in [0, 0.1) is 0 Å². The zero-order valence-corrected chi connectivity index (χ0v) is 11.2. The van der Waals surface area contributed by atoms with Gasteiger partial charge in [0.2, 0.25) is 0 Å². The second kappa shape index (κ2) is 4.67. The van der Waals surface area contributed by atoms with Crippen molar-refractivity contribution in [2.45, 2.75) is 38.5 Å². The predicted molar refractivity (Wildman–Crippen MR) is 72.3 cm³/mol. The van der Waals surface area contributed by atoms with Gasteiger partial charge in [-0.15, -0.1) is 0 Å². The van der Waals surface area contributed by atoms with E-state index in [1.54, 1.807) is 6.07 Å². The maximum absolute atomic E-state index is 10.1. The highest BCUT2D eigenvalue weighted by Gasteiger charge is 2.31. The van der Waals surface area contributed by atoms with Crippen LogP contribution in [0.2, 0.25) is 0 Å². The van der Waals surface area contributed by atoms with Gasteiger partial charge in [-0.25, -0.2) is 0 Å². The average molecular weight is 236 g/mol. The summed E-state index contributed by atoms with van der Waals surface area (Å²) in [5.74, 6) is 0.305. The molecule has 0 aliphatic heterocycles. The Hall–Kier alpha value is -1.06. The Morgan fingerprint density at radius 1 is 1.00 bits per heavy atom. The van der Waals surface area contributed by atoms with Crippen LogP contribution in [0.15, 0.2) is 18.2 Å². The highest BCUT2D eigenvalue weighted by atomic mass is 16.3. The molecule has 0 fully saturated rings. The van der Waals surface area contributed by atoms with Crippen LogP contribution in [0.3, 0.4) is 0 Å². The fraction of sp³-hybridized carbons (Fsp3) is 0.571. The second-order valence-electron chi connectivity index (χ2n) is 5.88. The van der Waals surface area contributed by atoms with E-state index in [1.807, 2.05) is 26.0 Å². The molecule has 1 rings (SSSR count). The molecule has 0 unspecified atom stereocenters. The van der Waals surface area contributed by atoms with E-state index in [0.717, 1.165) is 11.1 Å². The molecule has 1 aromatic carbocycles. The van der Waals surface area contributed by atoms with Crippen molar-refractivity contribution >= 4 is 0 Å². The number of hydrogen-bond acceptors (Lipinski definition) is 3. The maximum Gasteiger partial charge on any atom is 0.119 e. The van der Waals surface area contributed by atoms with Crippen LogP contribution >= 0.6 is 0 Å². The van der Waals surface area contributed by atoms with Gasteiger partial charge in [0.05, 0.1) is 0 Å². The largest absolute Gasteiger partial charge is 0.508 e. The summed E-state index contributed by atoms with van der Waals surface area (Å²) in [6.07, 6.45) is 0. The molecule has 3 nitrogen and oxygen atoms in total. The normalized spacial score (nSPS) is 12.8. The van der Waals surface area contributed by atoms with E-state index >= 15 is 0 Å². The van der Waals surface area contributed by atoms with Crippen LogP contribution in [-0.4, -0.2) is 18.2 Å². The van der Waals surface area contributed by atoms with E-state index in [1.165, 1.54) is 0 Å². The lowest BCUT2D eigenvalue weighted by molar-refractivity contribution is 0.422. The highest BCUT2D eigenvalue weighted by molar-refractivity contribution is 5.47. The molecule has 0 atom stereocenters. The van der Waals surface area contributed by atoms with Crippen molar-refractivity contribution in [3.8, 4) is 5.75 Å².